The van der Waals surface area contributed by atoms with Gasteiger partial charge in [-0.05, 0) is 12.8 Å². The molecule has 9 nitrogen and oxygen atoms in total. The Morgan fingerprint density at radius 3 is 1.72 bits per heavy atom. The zero-order valence-corrected chi connectivity index (χ0v) is 14.7. The van der Waals surface area contributed by atoms with E-state index in [-0.39, 0.29) is 13.2 Å². The molecule has 0 fully saturated rings. The molecule has 0 aromatic carbocycles. The van der Waals surface area contributed by atoms with Crippen molar-refractivity contribution in [2.75, 3.05) is 26.4 Å². The van der Waals surface area contributed by atoms with Crippen molar-refractivity contribution in [3.05, 3.63) is 0 Å². The van der Waals surface area contributed by atoms with E-state index in [1.165, 1.54) is 0 Å². The fourth-order valence-electron chi connectivity index (χ4n) is 1.41. The summed E-state index contributed by atoms with van der Waals surface area (Å²) in [6.45, 7) is 3.05. The van der Waals surface area contributed by atoms with Crippen molar-refractivity contribution < 1.29 is 43.2 Å². The lowest BCUT2D eigenvalue weighted by Crippen LogP contribution is -2.29. The molecule has 1 atom stereocenters. The van der Waals surface area contributed by atoms with Crippen molar-refractivity contribution in [2.24, 2.45) is 0 Å². The highest BCUT2D eigenvalue weighted by Crippen LogP contribution is 2.00. The van der Waals surface area contributed by atoms with Crippen molar-refractivity contribution in [1.82, 2.24) is 0 Å². The number of rotatable bonds is 13. The summed E-state index contributed by atoms with van der Waals surface area (Å²) in [6.07, 6.45) is 0.590. The first kappa shape index (κ1) is 22.8. The van der Waals surface area contributed by atoms with Crippen LogP contribution >= 0.6 is 0 Å². The molecule has 0 amide bonds. The third-order valence-corrected chi connectivity index (χ3v) is 2.84. The van der Waals surface area contributed by atoms with E-state index >= 15 is 0 Å². The Kier molecular flexibility index (Phi) is 13.0. The molecule has 0 saturated heterocycles. The number of ether oxygens (including phenoxy) is 4. The van der Waals surface area contributed by atoms with Crippen molar-refractivity contribution in [1.29, 1.82) is 0 Å². The molecule has 0 spiro atoms. The molecule has 0 bridgehead atoms. The van der Waals surface area contributed by atoms with Gasteiger partial charge >= 0.3 is 23.9 Å². The molecule has 0 aliphatic carbocycles. The summed E-state index contributed by atoms with van der Waals surface area (Å²) in [5.74, 6) is -3.59. The Morgan fingerprint density at radius 2 is 1.24 bits per heavy atom. The molecule has 0 radical (unpaired) electrons. The van der Waals surface area contributed by atoms with Crippen LogP contribution in [0.2, 0.25) is 0 Å². The molecular weight excluding hydrogens is 336 g/mol. The normalized spacial score (nSPS) is 11.3. The molecule has 0 aliphatic rings. The second-order valence-corrected chi connectivity index (χ2v) is 5.14. The molecule has 144 valence electrons. The zero-order chi connectivity index (χ0) is 19.1. The standard InChI is InChI=1S/C16H26O9/c1-3-5-7-22-14(19)10-24-13(18)9-12(17)16(21)25-11-15(20)23-8-6-4-2/h12,17H,3-11H2,1-2H3. The summed E-state index contributed by atoms with van der Waals surface area (Å²) in [7, 11) is 0. The summed E-state index contributed by atoms with van der Waals surface area (Å²) in [4.78, 5) is 45.3. The number of carbonyl (C=O) groups excluding carboxylic acids is 4. The first-order valence-electron chi connectivity index (χ1n) is 8.22. The average Bonchev–Trinajstić information content (AvgIpc) is 2.58. The number of unbranched alkanes of at least 4 members (excludes halogenated alkanes) is 2. The Morgan fingerprint density at radius 1 is 0.760 bits per heavy atom. The second kappa shape index (κ2) is 14.2. The highest BCUT2D eigenvalue weighted by atomic mass is 16.6. The molecule has 0 aliphatic heterocycles. The fraction of sp³-hybridized carbons (Fsp3) is 0.750. The minimum Gasteiger partial charge on any atom is -0.463 e. The fourth-order valence-corrected chi connectivity index (χ4v) is 1.41. The average molecular weight is 362 g/mol. The third kappa shape index (κ3) is 12.9. The minimum atomic E-state index is -1.80. The van der Waals surface area contributed by atoms with Crippen LogP contribution in [0.1, 0.15) is 46.0 Å². The highest BCUT2D eigenvalue weighted by molar-refractivity contribution is 5.84. The summed E-state index contributed by atoms with van der Waals surface area (Å²) in [5, 5.41) is 9.51. The summed E-state index contributed by atoms with van der Waals surface area (Å²) >= 11 is 0. The minimum absolute atomic E-state index is 0.218. The van der Waals surface area contributed by atoms with E-state index in [2.05, 4.69) is 9.47 Å². The van der Waals surface area contributed by atoms with Gasteiger partial charge in [-0.15, -0.1) is 0 Å². The van der Waals surface area contributed by atoms with Gasteiger partial charge in [-0.1, -0.05) is 26.7 Å². The summed E-state index contributed by atoms with van der Waals surface area (Å²) < 4.78 is 18.6. The zero-order valence-electron chi connectivity index (χ0n) is 14.7. The predicted molar refractivity (Wildman–Crippen MR) is 84.3 cm³/mol. The third-order valence-electron chi connectivity index (χ3n) is 2.84. The van der Waals surface area contributed by atoms with E-state index in [1.54, 1.807) is 0 Å². The lowest BCUT2D eigenvalue weighted by molar-refractivity contribution is -0.168. The van der Waals surface area contributed by atoms with E-state index in [0.29, 0.717) is 12.8 Å². The predicted octanol–water partition coefficient (Wildman–Crippen LogP) is 0.510. The molecule has 1 N–H and O–H groups in total. The SMILES string of the molecule is CCCCOC(=O)COC(=O)CC(O)C(=O)OCC(=O)OCCCC. The smallest absolute Gasteiger partial charge is 0.344 e. The molecule has 0 aromatic rings. The van der Waals surface area contributed by atoms with Crippen LogP contribution in [0.3, 0.4) is 0 Å². The van der Waals surface area contributed by atoms with E-state index in [0.717, 1.165) is 12.8 Å². The molecule has 0 aromatic heterocycles. The Bertz CT molecular complexity index is 433. The Balaban J connectivity index is 3.92. The van der Waals surface area contributed by atoms with E-state index in [4.69, 9.17) is 9.47 Å². The highest BCUT2D eigenvalue weighted by Gasteiger charge is 2.23. The van der Waals surface area contributed by atoms with Crippen LogP contribution in [0.5, 0.6) is 0 Å². The molecule has 0 saturated carbocycles. The molecule has 0 rings (SSSR count). The van der Waals surface area contributed by atoms with Crippen molar-refractivity contribution in [3.8, 4) is 0 Å². The molecule has 25 heavy (non-hydrogen) atoms. The van der Waals surface area contributed by atoms with E-state index < -0.39 is 49.6 Å². The van der Waals surface area contributed by atoms with Crippen LogP contribution in [0.25, 0.3) is 0 Å². The van der Waals surface area contributed by atoms with Gasteiger partial charge < -0.3 is 24.1 Å². The van der Waals surface area contributed by atoms with Gasteiger partial charge in [0, 0.05) is 0 Å². The van der Waals surface area contributed by atoms with Crippen LogP contribution in [-0.2, 0) is 38.1 Å². The molecule has 1 unspecified atom stereocenters. The number of hydrogen-bond acceptors (Lipinski definition) is 9. The topological polar surface area (TPSA) is 125 Å². The quantitative estimate of drug-likeness (QED) is 0.283. The number of aliphatic hydroxyl groups excluding tert-OH is 1. The lowest BCUT2D eigenvalue weighted by Gasteiger charge is -2.10. The molecule has 0 heterocycles. The van der Waals surface area contributed by atoms with Crippen LogP contribution in [0.15, 0.2) is 0 Å². The van der Waals surface area contributed by atoms with Gasteiger partial charge in [-0.25, -0.2) is 14.4 Å². The summed E-state index contributed by atoms with van der Waals surface area (Å²) in [5.41, 5.74) is 0. The Hall–Kier alpha value is -2.16. The van der Waals surface area contributed by atoms with Crippen LogP contribution in [0, 0.1) is 0 Å². The number of hydrogen-bond donors (Lipinski definition) is 1. The summed E-state index contributed by atoms with van der Waals surface area (Å²) in [6, 6.07) is 0. The number of aliphatic hydroxyl groups is 1. The van der Waals surface area contributed by atoms with Crippen molar-refractivity contribution in [3.63, 3.8) is 0 Å². The monoisotopic (exact) mass is 362 g/mol. The number of esters is 4. The Labute approximate surface area is 146 Å². The van der Waals surface area contributed by atoms with Gasteiger partial charge in [0.1, 0.15) is 0 Å². The van der Waals surface area contributed by atoms with Gasteiger partial charge in [-0.3, -0.25) is 4.79 Å². The van der Waals surface area contributed by atoms with Crippen molar-refractivity contribution >= 4 is 23.9 Å². The van der Waals surface area contributed by atoms with Gasteiger partial charge in [0.15, 0.2) is 19.3 Å². The maximum atomic E-state index is 11.4. The first-order chi connectivity index (χ1) is 11.9. The van der Waals surface area contributed by atoms with Gasteiger partial charge in [0.05, 0.1) is 19.6 Å². The maximum Gasteiger partial charge on any atom is 0.344 e. The molecular formula is C16H26O9. The first-order valence-corrected chi connectivity index (χ1v) is 8.22. The molecule has 9 heteroatoms. The van der Waals surface area contributed by atoms with Crippen molar-refractivity contribution in [2.45, 2.75) is 52.1 Å². The van der Waals surface area contributed by atoms with Gasteiger partial charge in [-0.2, -0.15) is 0 Å². The van der Waals surface area contributed by atoms with E-state index in [1.807, 2.05) is 13.8 Å². The largest absolute Gasteiger partial charge is 0.463 e. The van der Waals surface area contributed by atoms with E-state index in [9.17, 15) is 24.3 Å². The van der Waals surface area contributed by atoms with Gasteiger partial charge in [0.2, 0.25) is 0 Å². The lowest BCUT2D eigenvalue weighted by atomic mass is 10.2. The maximum absolute atomic E-state index is 11.4. The number of carbonyl (C=O) groups is 4. The second-order valence-electron chi connectivity index (χ2n) is 5.14. The van der Waals surface area contributed by atoms with Crippen LogP contribution in [-0.4, -0.2) is 61.5 Å². The van der Waals surface area contributed by atoms with Crippen LogP contribution < -0.4 is 0 Å². The van der Waals surface area contributed by atoms with Crippen LogP contribution in [0.4, 0.5) is 0 Å². The van der Waals surface area contributed by atoms with Gasteiger partial charge in [0.25, 0.3) is 0 Å².